The Hall–Kier alpha value is -1.39. The van der Waals surface area contributed by atoms with Gasteiger partial charge >= 0.3 is 0 Å². The van der Waals surface area contributed by atoms with Crippen LogP contribution in [0.3, 0.4) is 0 Å². The maximum absolute atomic E-state index is 14.1. The lowest BCUT2D eigenvalue weighted by molar-refractivity contribution is 0.165. The van der Waals surface area contributed by atoms with Crippen LogP contribution in [-0.4, -0.2) is 6.04 Å². The summed E-state index contributed by atoms with van der Waals surface area (Å²) < 4.78 is 21.1. The van der Waals surface area contributed by atoms with Crippen LogP contribution in [0.4, 0.5) is 4.39 Å². The first-order valence-electron chi connectivity index (χ1n) is 6.95. The van der Waals surface area contributed by atoms with E-state index in [1.165, 1.54) is 6.07 Å². The molecule has 21 heavy (non-hydrogen) atoms. The number of aryl methyl sites for hydroxylation is 1. The van der Waals surface area contributed by atoms with Crippen LogP contribution >= 0.6 is 15.9 Å². The molecule has 0 amide bonds. The standard InChI is InChI=1S/C17H19BrFNO/c1-3-15(20)17(13-6-4-5-7-14(13)19)21-16-9-8-12(18)10-11(16)2/h4-10,15,17H,3,20H2,1-2H3. The average Bonchev–Trinajstić information content (AvgIpc) is 2.47. The molecule has 2 atom stereocenters. The minimum atomic E-state index is -0.504. The van der Waals surface area contributed by atoms with Crippen LogP contribution in [0.15, 0.2) is 46.9 Å². The zero-order valence-corrected chi connectivity index (χ0v) is 13.7. The fourth-order valence-corrected chi connectivity index (χ4v) is 2.66. The molecule has 0 saturated heterocycles. The molecule has 0 aromatic heterocycles. The average molecular weight is 352 g/mol. The third-order valence-electron chi connectivity index (χ3n) is 3.46. The second kappa shape index (κ2) is 7.05. The van der Waals surface area contributed by atoms with Gasteiger partial charge in [0.1, 0.15) is 17.7 Å². The smallest absolute Gasteiger partial charge is 0.142 e. The van der Waals surface area contributed by atoms with E-state index in [4.69, 9.17) is 10.5 Å². The van der Waals surface area contributed by atoms with Gasteiger partial charge in [0.25, 0.3) is 0 Å². The topological polar surface area (TPSA) is 35.2 Å². The predicted octanol–water partition coefficient (Wildman–Crippen LogP) is 4.75. The Morgan fingerprint density at radius 2 is 1.95 bits per heavy atom. The monoisotopic (exact) mass is 351 g/mol. The van der Waals surface area contributed by atoms with Crippen molar-refractivity contribution in [2.24, 2.45) is 5.73 Å². The first-order valence-corrected chi connectivity index (χ1v) is 7.75. The van der Waals surface area contributed by atoms with Gasteiger partial charge in [-0.15, -0.1) is 0 Å². The Balaban J connectivity index is 2.35. The highest BCUT2D eigenvalue weighted by molar-refractivity contribution is 9.10. The summed E-state index contributed by atoms with van der Waals surface area (Å²) in [6.45, 7) is 3.92. The van der Waals surface area contributed by atoms with Crippen molar-refractivity contribution in [1.82, 2.24) is 0 Å². The fourth-order valence-electron chi connectivity index (χ4n) is 2.18. The van der Waals surface area contributed by atoms with Crippen molar-refractivity contribution in [3.05, 3.63) is 63.9 Å². The van der Waals surface area contributed by atoms with Crippen molar-refractivity contribution in [2.75, 3.05) is 0 Å². The SMILES string of the molecule is CCC(N)C(Oc1ccc(Br)cc1C)c1ccccc1F. The molecule has 0 heterocycles. The van der Waals surface area contributed by atoms with Crippen molar-refractivity contribution < 1.29 is 9.13 Å². The Bertz CT molecular complexity index is 617. The minimum Gasteiger partial charge on any atom is -0.484 e. The lowest BCUT2D eigenvalue weighted by Gasteiger charge is -2.26. The molecule has 112 valence electrons. The predicted molar refractivity (Wildman–Crippen MR) is 86.9 cm³/mol. The van der Waals surface area contributed by atoms with Gasteiger partial charge < -0.3 is 10.5 Å². The van der Waals surface area contributed by atoms with E-state index in [9.17, 15) is 4.39 Å². The molecule has 0 saturated carbocycles. The normalized spacial score (nSPS) is 13.8. The maximum Gasteiger partial charge on any atom is 0.142 e. The number of rotatable bonds is 5. The van der Waals surface area contributed by atoms with Crippen LogP contribution in [0.25, 0.3) is 0 Å². The van der Waals surface area contributed by atoms with Gasteiger partial charge in [-0.3, -0.25) is 0 Å². The highest BCUT2D eigenvalue weighted by Gasteiger charge is 2.24. The van der Waals surface area contributed by atoms with Gasteiger partial charge in [-0.25, -0.2) is 4.39 Å². The van der Waals surface area contributed by atoms with Gasteiger partial charge in [-0.1, -0.05) is 41.1 Å². The molecule has 0 aliphatic heterocycles. The zero-order valence-electron chi connectivity index (χ0n) is 12.1. The summed E-state index contributed by atoms with van der Waals surface area (Å²) in [5.74, 6) is 0.427. The lowest BCUT2D eigenvalue weighted by atomic mass is 10.00. The summed E-state index contributed by atoms with van der Waals surface area (Å²) in [7, 11) is 0. The summed E-state index contributed by atoms with van der Waals surface area (Å²) in [4.78, 5) is 0. The molecule has 0 bridgehead atoms. The van der Waals surface area contributed by atoms with Crippen molar-refractivity contribution in [2.45, 2.75) is 32.4 Å². The molecule has 2 nitrogen and oxygen atoms in total. The van der Waals surface area contributed by atoms with E-state index in [0.717, 1.165) is 15.8 Å². The molecule has 2 aromatic rings. The van der Waals surface area contributed by atoms with E-state index in [1.807, 2.05) is 32.0 Å². The summed E-state index contributed by atoms with van der Waals surface area (Å²) in [5.41, 5.74) is 7.62. The van der Waals surface area contributed by atoms with Crippen molar-refractivity contribution in [3.63, 3.8) is 0 Å². The molecular formula is C17H19BrFNO. The number of halogens is 2. The van der Waals surface area contributed by atoms with Crippen molar-refractivity contribution >= 4 is 15.9 Å². The molecule has 2 unspecified atom stereocenters. The maximum atomic E-state index is 14.1. The minimum absolute atomic E-state index is 0.273. The van der Waals surface area contributed by atoms with Crippen LogP contribution in [0, 0.1) is 12.7 Å². The van der Waals surface area contributed by atoms with E-state index in [-0.39, 0.29) is 11.9 Å². The highest BCUT2D eigenvalue weighted by atomic mass is 79.9. The van der Waals surface area contributed by atoms with E-state index in [1.54, 1.807) is 18.2 Å². The van der Waals surface area contributed by atoms with E-state index >= 15 is 0 Å². The Morgan fingerprint density at radius 3 is 2.57 bits per heavy atom. The first-order chi connectivity index (χ1) is 10.0. The number of benzene rings is 2. The molecule has 0 radical (unpaired) electrons. The number of nitrogens with two attached hydrogens (primary N) is 1. The third kappa shape index (κ3) is 3.83. The summed E-state index contributed by atoms with van der Waals surface area (Å²) in [6.07, 6.45) is 0.199. The number of hydrogen-bond acceptors (Lipinski definition) is 2. The zero-order chi connectivity index (χ0) is 15.4. The second-order valence-electron chi connectivity index (χ2n) is 5.04. The molecule has 0 fully saturated rings. The summed E-state index contributed by atoms with van der Waals surface area (Å²) in [5, 5.41) is 0. The molecule has 0 aliphatic carbocycles. The van der Waals surface area contributed by atoms with Gasteiger partial charge in [-0.05, 0) is 43.2 Å². The molecular weight excluding hydrogens is 333 g/mol. The van der Waals surface area contributed by atoms with Gasteiger partial charge in [0.2, 0.25) is 0 Å². The number of hydrogen-bond donors (Lipinski definition) is 1. The van der Waals surface area contributed by atoms with Crippen molar-refractivity contribution in [3.8, 4) is 5.75 Å². The highest BCUT2D eigenvalue weighted by Crippen LogP contribution is 2.30. The van der Waals surface area contributed by atoms with Crippen molar-refractivity contribution in [1.29, 1.82) is 0 Å². The lowest BCUT2D eigenvalue weighted by Crippen LogP contribution is -2.32. The van der Waals surface area contributed by atoms with Crippen LogP contribution < -0.4 is 10.5 Å². The molecule has 2 rings (SSSR count). The second-order valence-corrected chi connectivity index (χ2v) is 5.96. The van der Waals surface area contributed by atoms with Crippen LogP contribution in [0.2, 0.25) is 0 Å². The van der Waals surface area contributed by atoms with E-state index < -0.39 is 6.10 Å². The van der Waals surface area contributed by atoms with E-state index in [0.29, 0.717) is 12.0 Å². The molecule has 2 aromatic carbocycles. The van der Waals surface area contributed by atoms with Crippen LogP contribution in [-0.2, 0) is 0 Å². The largest absolute Gasteiger partial charge is 0.484 e. The Kier molecular flexibility index (Phi) is 5.37. The molecule has 4 heteroatoms. The fraction of sp³-hybridized carbons (Fsp3) is 0.294. The van der Waals surface area contributed by atoms with Gasteiger partial charge in [0.15, 0.2) is 0 Å². The third-order valence-corrected chi connectivity index (χ3v) is 3.96. The van der Waals surface area contributed by atoms with Gasteiger partial charge in [-0.2, -0.15) is 0 Å². The summed E-state index contributed by atoms with van der Waals surface area (Å²) >= 11 is 3.42. The van der Waals surface area contributed by atoms with Crippen LogP contribution in [0.5, 0.6) is 5.75 Å². The first kappa shape index (κ1) is 16.0. The summed E-state index contributed by atoms with van der Waals surface area (Å²) in [6, 6.07) is 12.1. The van der Waals surface area contributed by atoms with Gasteiger partial charge in [0, 0.05) is 16.1 Å². The van der Waals surface area contributed by atoms with E-state index in [2.05, 4.69) is 15.9 Å². The molecule has 2 N–H and O–H groups in total. The Labute approximate surface area is 133 Å². The Morgan fingerprint density at radius 1 is 1.24 bits per heavy atom. The van der Waals surface area contributed by atoms with Gasteiger partial charge in [0.05, 0.1) is 0 Å². The number of ether oxygens (including phenoxy) is 1. The van der Waals surface area contributed by atoms with Crippen LogP contribution in [0.1, 0.15) is 30.6 Å². The quantitative estimate of drug-likeness (QED) is 0.843. The molecule has 0 spiro atoms. The molecule has 0 aliphatic rings.